The van der Waals surface area contributed by atoms with Crippen molar-refractivity contribution in [2.45, 2.75) is 64.2 Å². The number of hydrogen-bond donors (Lipinski definition) is 1. The number of benzene rings is 2. The Hall–Kier alpha value is -3.05. The zero-order chi connectivity index (χ0) is 31.5. The monoisotopic (exact) mass is 626 g/mol. The summed E-state index contributed by atoms with van der Waals surface area (Å²) in [5.41, 5.74) is 6.33. The third-order valence-electron chi connectivity index (χ3n) is 8.39. The van der Waals surface area contributed by atoms with Gasteiger partial charge in [-0.2, -0.15) is 13.0 Å². The summed E-state index contributed by atoms with van der Waals surface area (Å²) in [4.78, 5) is 2.22. The van der Waals surface area contributed by atoms with Crippen LogP contribution < -0.4 is 4.90 Å². The molecule has 0 fully saturated rings. The van der Waals surface area contributed by atoms with Crippen LogP contribution in [0.4, 0.5) is 11.4 Å². The van der Waals surface area contributed by atoms with Crippen LogP contribution in [0.25, 0.3) is 0 Å². The zero-order valence-corrected chi connectivity index (χ0v) is 27.0. The molecule has 0 aliphatic carbocycles. The highest BCUT2D eigenvalue weighted by molar-refractivity contribution is 7.85. The number of unbranched alkanes of at least 4 members (excludes halogenated alkanes) is 2. The quantitative estimate of drug-likeness (QED) is 0.128. The van der Waals surface area contributed by atoms with E-state index in [9.17, 15) is 21.4 Å². The van der Waals surface area contributed by atoms with Crippen molar-refractivity contribution in [3.05, 3.63) is 95.7 Å². The summed E-state index contributed by atoms with van der Waals surface area (Å²) in [5.74, 6) is -0.602. The first-order valence-electron chi connectivity index (χ1n) is 14.7. The minimum atomic E-state index is -4.23. The highest BCUT2D eigenvalue weighted by Crippen LogP contribution is 2.47. The van der Waals surface area contributed by atoms with E-state index >= 15 is 0 Å². The molecule has 0 saturated carbocycles. The number of fused-ring (bicyclic) bond motifs is 2. The molecule has 0 bridgehead atoms. The van der Waals surface area contributed by atoms with Crippen LogP contribution in [0.15, 0.2) is 84.6 Å². The minimum Gasteiger partial charge on any atom is -0.748 e. The van der Waals surface area contributed by atoms with E-state index in [1.54, 1.807) is 0 Å². The van der Waals surface area contributed by atoms with E-state index in [1.165, 1.54) is 11.1 Å². The summed E-state index contributed by atoms with van der Waals surface area (Å²) in [5, 5.41) is 0. The smallest absolute Gasteiger partial charge is 0.264 e. The minimum absolute atomic E-state index is 0.244. The highest BCUT2D eigenvalue weighted by atomic mass is 32.2. The van der Waals surface area contributed by atoms with Crippen LogP contribution in [0, 0.1) is 0 Å². The first kappa shape index (κ1) is 32.9. The van der Waals surface area contributed by atoms with Crippen molar-refractivity contribution in [2.24, 2.45) is 0 Å². The van der Waals surface area contributed by atoms with Crippen LogP contribution in [0.3, 0.4) is 0 Å². The lowest BCUT2D eigenvalue weighted by atomic mass is 9.81. The van der Waals surface area contributed by atoms with E-state index in [0.717, 1.165) is 22.8 Å². The molecule has 43 heavy (non-hydrogen) atoms. The number of rotatable bonds is 13. The van der Waals surface area contributed by atoms with Gasteiger partial charge in [0.1, 0.15) is 6.54 Å². The zero-order valence-electron chi connectivity index (χ0n) is 25.4. The summed E-state index contributed by atoms with van der Waals surface area (Å²) >= 11 is 0. The fourth-order valence-electron chi connectivity index (χ4n) is 6.22. The fraction of sp³-hybridized carbons (Fsp3) is 0.424. The number of para-hydroxylation sites is 2. The Kier molecular flexibility index (Phi) is 9.85. The molecule has 0 saturated heterocycles. The van der Waals surface area contributed by atoms with Crippen molar-refractivity contribution in [2.75, 3.05) is 29.5 Å². The second-order valence-electron chi connectivity index (χ2n) is 12.2. The molecule has 10 heteroatoms. The summed E-state index contributed by atoms with van der Waals surface area (Å²) in [7, 11) is -8.21. The third-order valence-corrected chi connectivity index (χ3v) is 9.98. The fourth-order valence-corrected chi connectivity index (χ4v) is 7.35. The molecule has 4 rings (SSSR count). The Bertz CT molecular complexity index is 1680. The Balaban J connectivity index is 1.56. The molecule has 2 aliphatic rings. The molecule has 0 amide bonds. The van der Waals surface area contributed by atoms with Gasteiger partial charge in [-0.3, -0.25) is 4.55 Å². The second-order valence-corrected chi connectivity index (χ2v) is 15.3. The lowest BCUT2D eigenvalue weighted by Crippen LogP contribution is -2.28. The van der Waals surface area contributed by atoms with Gasteiger partial charge in [0.25, 0.3) is 10.1 Å². The standard InChI is InChI=1S/C33H42N2O6S2/c1-32(2)26-16-8-10-18-28(26)34(22-12-14-24-42(36,37)38)30(32)20-6-5-7-21-31-33(3,4)27-17-9-11-19-29(27)35(31)23-13-15-25-43(39,40)41/h5-11,16-21H,12-15,22-25H2,1-4H3,(H-,36,37,38,39,40,41). The van der Waals surface area contributed by atoms with E-state index in [-0.39, 0.29) is 22.3 Å². The van der Waals surface area contributed by atoms with Gasteiger partial charge in [0.05, 0.1) is 21.3 Å². The molecule has 2 aromatic rings. The van der Waals surface area contributed by atoms with Crippen LogP contribution in [0.2, 0.25) is 0 Å². The lowest BCUT2D eigenvalue weighted by Gasteiger charge is -2.27. The van der Waals surface area contributed by atoms with Crippen LogP contribution in [-0.4, -0.2) is 60.8 Å². The molecule has 2 aliphatic heterocycles. The van der Waals surface area contributed by atoms with Crippen molar-refractivity contribution in [1.82, 2.24) is 0 Å². The van der Waals surface area contributed by atoms with Crippen LogP contribution in [0.1, 0.15) is 64.5 Å². The summed E-state index contributed by atoms with van der Waals surface area (Å²) in [6.07, 6.45) is 12.1. The van der Waals surface area contributed by atoms with Gasteiger partial charge < -0.3 is 9.45 Å². The maximum atomic E-state index is 11.2. The van der Waals surface area contributed by atoms with Crippen LogP contribution >= 0.6 is 0 Å². The molecule has 1 N–H and O–H groups in total. The molecule has 2 heterocycles. The van der Waals surface area contributed by atoms with Crippen molar-refractivity contribution < 1.29 is 30.5 Å². The average Bonchev–Trinajstić information content (AvgIpc) is 3.27. The molecule has 0 radical (unpaired) electrons. The maximum Gasteiger partial charge on any atom is 0.264 e. The van der Waals surface area contributed by atoms with Crippen LogP contribution in [-0.2, 0) is 31.1 Å². The average molecular weight is 627 g/mol. The van der Waals surface area contributed by atoms with Gasteiger partial charge in [-0.25, -0.2) is 8.42 Å². The van der Waals surface area contributed by atoms with Gasteiger partial charge >= 0.3 is 0 Å². The van der Waals surface area contributed by atoms with Crippen molar-refractivity contribution in [3.8, 4) is 0 Å². The first-order chi connectivity index (χ1) is 20.1. The molecular weight excluding hydrogens is 585 g/mol. The van der Waals surface area contributed by atoms with Crippen molar-refractivity contribution in [3.63, 3.8) is 0 Å². The molecule has 0 aromatic heterocycles. The van der Waals surface area contributed by atoms with Gasteiger partial charge in [-0.1, -0.05) is 68.5 Å². The van der Waals surface area contributed by atoms with E-state index in [1.807, 2.05) is 42.5 Å². The van der Waals surface area contributed by atoms with E-state index in [0.29, 0.717) is 38.8 Å². The van der Waals surface area contributed by atoms with Gasteiger partial charge in [-0.05, 0) is 50.8 Å². The molecule has 0 unspecified atom stereocenters. The van der Waals surface area contributed by atoms with Crippen molar-refractivity contribution >= 4 is 37.3 Å². The van der Waals surface area contributed by atoms with Gasteiger partial charge in [0.2, 0.25) is 5.69 Å². The Morgan fingerprint density at radius 3 is 2.16 bits per heavy atom. The predicted octanol–water partition coefficient (Wildman–Crippen LogP) is 5.85. The predicted molar refractivity (Wildman–Crippen MR) is 172 cm³/mol. The number of nitrogens with zero attached hydrogens (tertiary/aromatic N) is 2. The van der Waals surface area contributed by atoms with Gasteiger partial charge in [0, 0.05) is 53.2 Å². The Morgan fingerprint density at radius 1 is 0.814 bits per heavy atom. The van der Waals surface area contributed by atoms with Crippen molar-refractivity contribution in [1.29, 1.82) is 0 Å². The number of hydrogen-bond acceptors (Lipinski definition) is 6. The molecule has 0 spiro atoms. The molecular formula is C33H42N2O6S2. The molecule has 8 nitrogen and oxygen atoms in total. The van der Waals surface area contributed by atoms with Gasteiger partial charge in [0.15, 0.2) is 5.71 Å². The Labute approximate surface area is 256 Å². The molecule has 2 aromatic carbocycles. The maximum absolute atomic E-state index is 11.2. The number of anilines is 1. The van der Waals surface area contributed by atoms with Gasteiger partial charge in [-0.15, -0.1) is 0 Å². The largest absolute Gasteiger partial charge is 0.748 e. The molecule has 232 valence electrons. The van der Waals surface area contributed by atoms with E-state index in [2.05, 4.69) is 73.6 Å². The van der Waals surface area contributed by atoms with E-state index < -0.39 is 20.2 Å². The topological polar surface area (TPSA) is 118 Å². The summed E-state index contributed by atoms with van der Waals surface area (Å²) in [6, 6.07) is 16.5. The van der Waals surface area contributed by atoms with E-state index in [4.69, 9.17) is 4.55 Å². The summed E-state index contributed by atoms with van der Waals surface area (Å²) in [6.45, 7) is 9.98. The SMILES string of the molecule is CC1(C)C(=CC=CC=CC2=[N+](CCCCS(=O)(=O)O)c3ccccc3C2(C)C)N(CCCCS(=O)(=O)[O-])c2ccccc21. The number of allylic oxidation sites excluding steroid dienone is 6. The second kappa shape index (κ2) is 12.9. The Morgan fingerprint density at radius 2 is 1.47 bits per heavy atom. The first-order valence-corrected chi connectivity index (χ1v) is 17.9. The third kappa shape index (κ3) is 7.73. The summed E-state index contributed by atoms with van der Waals surface area (Å²) < 4.78 is 67.0. The lowest BCUT2D eigenvalue weighted by molar-refractivity contribution is -0.438. The van der Waals surface area contributed by atoms with Crippen LogP contribution in [0.5, 0.6) is 0 Å². The highest BCUT2D eigenvalue weighted by Gasteiger charge is 2.44. The molecule has 0 atom stereocenters. The normalized spacial score (nSPS) is 18.7.